The predicted molar refractivity (Wildman–Crippen MR) is 78.5 cm³/mol. The number of carbonyl (C=O) groups excluding carboxylic acids is 1. The average Bonchev–Trinajstić information content (AvgIpc) is 2.40. The van der Waals surface area contributed by atoms with E-state index in [9.17, 15) is 14.9 Å². The van der Waals surface area contributed by atoms with E-state index >= 15 is 0 Å². The summed E-state index contributed by atoms with van der Waals surface area (Å²) >= 11 is 0. The quantitative estimate of drug-likeness (QED) is 0.640. The molecule has 7 heteroatoms. The van der Waals surface area contributed by atoms with Crippen molar-refractivity contribution in [3.05, 3.63) is 28.3 Å². The lowest BCUT2D eigenvalue weighted by Crippen LogP contribution is -2.44. The minimum absolute atomic E-state index is 0.134. The number of ether oxygens (including phenoxy) is 1. The number of benzene rings is 1. The van der Waals surface area contributed by atoms with Gasteiger partial charge >= 0.3 is 5.69 Å². The summed E-state index contributed by atoms with van der Waals surface area (Å²) < 4.78 is 5.48. The molecule has 2 rings (SSSR count). The Balaban J connectivity index is 2.29. The zero-order valence-electron chi connectivity index (χ0n) is 12.1. The monoisotopic (exact) mass is 293 g/mol. The van der Waals surface area contributed by atoms with Crippen molar-refractivity contribution in [2.75, 3.05) is 11.9 Å². The van der Waals surface area contributed by atoms with E-state index in [2.05, 4.69) is 10.6 Å². The highest BCUT2D eigenvalue weighted by Gasteiger charge is 2.27. The molecule has 7 nitrogen and oxygen atoms in total. The maximum Gasteiger partial charge on any atom is 0.333 e. The number of nitro groups is 1. The number of rotatable bonds is 5. The Hall–Kier alpha value is -2.31. The molecule has 1 aromatic carbocycles. The number of para-hydroxylation sites is 1. The lowest BCUT2D eigenvalue weighted by molar-refractivity contribution is -0.385. The number of nitrogens with one attached hydrogen (secondary N) is 2. The fourth-order valence-electron chi connectivity index (χ4n) is 2.27. The molecule has 1 aliphatic heterocycles. The normalized spacial score (nSPS) is 18.2. The van der Waals surface area contributed by atoms with Gasteiger partial charge in [-0.15, -0.1) is 0 Å². The highest BCUT2D eigenvalue weighted by molar-refractivity contribution is 5.86. The maximum absolute atomic E-state index is 11.8. The molecule has 1 heterocycles. The van der Waals surface area contributed by atoms with Crippen molar-refractivity contribution in [2.45, 2.75) is 38.8 Å². The zero-order chi connectivity index (χ0) is 15.4. The molecular weight excluding hydrogens is 274 g/mol. The van der Waals surface area contributed by atoms with Crippen molar-refractivity contribution in [3.63, 3.8) is 0 Å². The molecule has 1 fully saturated rings. The van der Waals surface area contributed by atoms with Crippen molar-refractivity contribution in [1.82, 2.24) is 5.32 Å². The van der Waals surface area contributed by atoms with E-state index in [4.69, 9.17) is 4.74 Å². The zero-order valence-corrected chi connectivity index (χ0v) is 12.1. The first-order valence-corrected chi connectivity index (χ1v) is 6.97. The number of carbonyl (C=O) groups is 1. The minimum atomic E-state index is -0.485. The minimum Gasteiger partial charge on any atom is -0.484 e. The molecule has 1 saturated heterocycles. The van der Waals surface area contributed by atoms with E-state index in [1.807, 2.05) is 0 Å². The van der Waals surface area contributed by atoms with Gasteiger partial charge in [0.2, 0.25) is 5.91 Å². The summed E-state index contributed by atoms with van der Waals surface area (Å²) in [7, 11) is 0. The van der Waals surface area contributed by atoms with Crippen LogP contribution < -0.4 is 15.4 Å². The van der Waals surface area contributed by atoms with Crippen LogP contribution in [0.2, 0.25) is 0 Å². The Labute approximate surface area is 122 Å². The summed E-state index contributed by atoms with van der Waals surface area (Å²) in [6, 6.07) is 4.37. The molecule has 0 aromatic heterocycles. The molecule has 1 aliphatic rings. The lowest BCUT2D eigenvalue weighted by Gasteiger charge is -2.24. The topological polar surface area (TPSA) is 93.5 Å². The summed E-state index contributed by atoms with van der Waals surface area (Å²) in [5.41, 5.74) is 0.171. The van der Waals surface area contributed by atoms with E-state index in [-0.39, 0.29) is 23.4 Å². The molecule has 0 spiro atoms. The molecule has 1 unspecified atom stereocenters. The Bertz CT molecular complexity index is 545. The van der Waals surface area contributed by atoms with Gasteiger partial charge in [0, 0.05) is 6.54 Å². The van der Waals surface area contributed by atoms with Gasteiger partial charge in [-0.25, -0.2) is 0 Å². The SMILES string of the molecule is CC(C)Oc1cccc(NC2CCCNC2=O)c1[N+](=O)[O-]. The van der Waals surface area contributed by atoms with Gasteiger partial charge in [0.25, 0.3) is 0 Å². The highest BCUT2D eigenvalue weighted by Crippen LogP contribution is 2.36. The molecule has 0 aliphatic carbocycles. The van der Waals surface area contributed by atoms with Crippen molar-refractivity contribution in [3.8, 4) is 5.75 Å². The van der Waals surface area contributed by atoms with Crippen LogP contribution in [0.3, 0.4) is 0 Å². The van der Waals surface area contributed by atoms with E-state index in [0.29, 0.717) is 18.7 Å². The largest absolute Gasteiger partial charge is 0.484 e. The third-order valence-electron chi connectivity index (χ3n) is 3.16. The number of anilines is 1. The van der Waals surface area contributed by atoms with E-state index < -0.39 is 11.0 Å². The first-order chi connectivity index (χ1) is 9.99. The first-order valence-electron chi connectivity index (χ1n) is 6.97. The Morgan fingerprint density at radius 1 is 1.48 bits per heavy atom. The molecule has 2 N–H and O–H groups in total. The van der Waals surface area contributed by atoms with Crippen LogP contribution >= 0.6 is 0 Å². The van der Waals surface area contributed by atoms with Crippen molar-refractivity contribution < 1.29 is 14.5 Å². The molecular formula is C14H19N3O4. The van der Waals surface area contributed by atoms with Gasteiger partial charge in [-0.05, 0) is 38.8 Å². The van der Waals surface area contributed by atoms with Crippen molar-refractivity contribution in [1.29, 1.82) is 0 Å². The van der Waals surface area contributed by atoms with Crippen molar-refractivity contribution in [2.24, 2.45) is 0 Å². The fraction of sp³-hybridized carbons (Fsp3) is 0.500. The van der Waals surface area contributed by atoms with E-state index in [1.165, 1.54) is 0 Å². The van der Waals surface area contributed by atoms with Gasteiger partial charge < -0.3 is 15.4 Å². The molecule has 21 heavy (non-hydrogen) atoms. The van der Waals surface area contributed by atoms with Gasteiger partial charge in [0.15, 0.2) is 5.75 Å². The molecule has 1 amide bonds. The third-order valence-corrected chi connectivity index (χ3v) is 3.16. The van der Waals surface area contributed by atoms with Crippen LogP contribution in [0, 0.1) is 10.1 Å². The van der Waals surface area contributed by atoms with Crippen LogP contribution in [0.15, 0.2) is 18.2 Å². The van der Waals surface area contributed by atoms with Crippen LogP contribution in [0.1, 0.15) is 26.7 Å². The predicted octanol–water partition coefficient (Wildman–Crippen LogP) is 2.07. The molecule has 1 atom stereocenters. The molecule has 114 valence electrons. The van der Waals surface area contributed by atoms with E-state index in [1.54, 1.807) is 32.0 Å². The second kappa shape index (κ2) is 6.43. The Kier molecular flexibility index (Phi) is 4.62. The standard InChI is InChI=1S/C14H19N3O4/c1-9(2)21-12-7-3-5-10(13(12)17(19)20)16-11-6-4-8-15-14(11)18/h3,5,7,9,11,16H,4,6,8H2,1-2H3,(H,15,18). The van der Waals surface area contributed by atoms with Gasteiger partial charge in [0.1, 0.15) is 11.7 Å². The average molecular weight is 293 g/mol. The number of hydrogen-bond acceptors (Lipinski definition) is 5. The summed E-state index contributed by atoms with van der Waals surface area (Å²) in [4.78, 5) is 22.6. The summed E-state index contributed by atoms with van der Waals surface area (Å²) in [5.74, 6) is 0.0712. The van der Waals surface area contributed by atoms with Crippen LogP contribution in [0.25, 0.3) is 0 Å². The summed E-state index contributed by atoms with van der Waals surface area (Å²) in [5, 5.41) is 17.0. The first kappa shape index (κ1) is 15.1. The van der Waals surface area contributed by atoms with Gasteiger partial charge in [-0.2, -0.15) is 0 Å². The summed E-state index contributed by atoms with van der Waals surface area (Å²) in [6.45, 7) is 4.26. The number of hydrogen-bond donors (Lipinski definition) is 2. The Morgan fingerprint density at radius 2 is 2.24 bits per heavy atom. The molecule has 0 saturated carbocycles. The number of piperidine rings is 1. The smallest absolute Gasteiger partial charge is 0.333 e. The Morgan fingerprint density at radius 3 is 2.86 bits per heavy atom. The van der Waals surface area contributed by atoms with Crippen molar-refractivity contribution >= 4 is 17.3 Å². The number of nitrogens with zero attached hydrogens (tertiary/aromatic N) is 1. The number of nitro benzene ring substituents is 1. The van der Waals surface area contributed by atoms with Crippen LogP contribution in [-0.4, -0.2) is 29.5 Å². The maximum atomic E-state index is 11.8. The lowest BCUT2D eigenvalue weighted by atomic mass is 10.1. The van der Waals surface area contributed by atoms with Gasteiger partial charge in [-0.1, -0.05) is 6.07 Å². The van der Waals surface area contributed by atoms with Crippen LogP contribution in [0.4, 0.5) is 11.4 Å². The van der Waals surface area contributed by atoms with Crippen LogP contribution in [-0.2, 0) is 4.79 Å². The van der Waals surface area contributed by atoms with E-state index in [0.717, 1.165) is 6.42 Å². The van der Waals surface area contributed by atoms with Crippen LogP contribution in [0.5, 0.6) is 5.75 Å². The molecule has 0 bridgehead atoms. The fourth-order valence-corrected chi connectivity index (χ4v) is 2.27. The second-order valence-corrected chi connectivity index (χ2v) is 5.21. The third kappa shape index (κ3) is 3.62. The van der Waals surface area contributed by atoms with Gasteiger partial charge in [-0.3, -0.25) is 14.9 Å². The molecule has 1 aromatic rings. The highest BCUT2D eigenvalue weighted by atomic mass is 16.6. The number of amides is 1. The summed E-state index contributed by atoms with van der Waals surface area (Å²) in [6.07, 6.45) is 1.33. The van der Waals surface area contributed by atoms with Gasteiger partial charge in [0.05, 0.1) is 11.0 Å². The second-order valence-electron chi connectivity index (χ2n) is 5.21. The molecule has 0 radical (unpaired) electrons.